The van der Waals surface area contributed by atoms with Crippen LogP contribution in [-0.4, -0.2) is 0 Å². The summed E-state index contributed by atoms with van der Waals surface area (Å²) in [6.07, 6.45) is 1.16. The summed E-state index contributed by atoms with van der Waals surface area (Å²) in [4.78, 5) is 2.36. The van der Waals surface area contributed by atoms with Gasteiger partial charge in [-0.15, -0.1) is 0 Å². The average molecular weight is 473 g/mol. The van der Waals surface area contributed by atoms with E-state index in [1.54, 1.807) is 0 Å². The number of benzene rings is 3. The second-order valence-corrected chi connectivity index (χ2v) is 8.42. The summed E-state index contributed by atoms with van der Waals surface area (Å²) < 4.78 is 2.20. The molecule has 26 heavy (non-hydrogen) atoms. The molecule has 3 rings (SSSR count). The molecule has 0 heterocycles. The van der Waals surface area contributed by atoms with Gasteiger partial charge in [0.05, 0.1) is 0 Å². The zero-order valence-corrected chi connectivity index (χ0v) is 18.3. The van der Waals surface area contributed by atoms with Crippen molar-refractivity contribution in [3.63, 3.8) is 0 Å². The van der Waals surface area contributed by atoms with E-state index in [1.807, 2.05) is 0 Å². The van der Waals surface area contributed by atoms with Crippen LogP contribution < -0.4 is 4.90 Å². The van der Waals surface area contributed by atoms with E-state index in [1.165, 1.54) is 22.5 Å². The van der Waals surface area contributed by atoms with Crippen molar-refractivity contribution in [2.45, 2.75) is 32.7 Å². The number of hydrogen-bond donors (Lipinski definition) is 0. The third-order valence-corrected chi connectivity index (χ3v) is 5.84. The van der Waals surface area contributed by atoms with E-state index in [0.717, 1.165) is 21.9 Å². The van der Waals surface area contributed by atoms with Crippen molar-refractivity contribution >= 4 is 43.2 Å². The van der Waals surface area contributed by atoms with Gasteiger partial charge in [0.25, 0.3) is 0 Å². The van der Waals surface area contributed by atoms with Crippen molar-refractivity contribution in [1.29, 1.82) is 0 Å². The van der Waals surface area contributed by atoms with Crippen LogP contribution in [0.3, 0.4) is 0 Å². The quantitative estimate of drug-likeness (QED) is 0.350. The Morgan fingerprint density at radius 2 is 1.19 bits per heavy atom. The van der Waals surface area contributed by atoms with Crippen molar-refractivity contribution in [3.05, 3.63) is 92.9 Å². The van der Waals surface area contributed by atoms with Crippen LogP contribution in [0.1, 0.15) is 37.3 Å². The monoisotopic (exact) mass is 471 g/mol. The van der Waals surface area contributed by atoms with Gasteiger partial charge in [0, 0.05) is 26.9 Å². The Bertz CT molecular complexity index is 824. The van der Waals surface area contributed by atoms with E-state index in [-0.39, 0.29) is 0 Å². The Labute approximate surface area is 173 Å². The lowest BCUT2D eigenvalue weighted by atomic mass is 9.98. The molecule has 3 aromatic rings. The number of nitrogens with zero attached hydrogens (tertiary/aromatic N) is 1. The fraction of sp³-hybridized carbons (Fsp3) is 0.217. The lowest BCUT2D eigenvalue weighted by Crippen LogP contribution is -2.16. The third kappa shape index (κ3) is 4.77. The molecule has 0 spiro atoms. The van der Waals surface area contributed by atoms with Gasteiger partial charge in [-0.3, -0.25) is 0 Å². The topological polar surface area (TPSA) is 3.24 Å². The summed E-state index contributed by atoms with van der Waals surface area (Å²) >= 11 is 7.05. The van der Waals surface area contributed by atoms with Gasteiger partial charge in [0.15, 0.2) is 0 Å². The fourth-order valence-corrected chi connectivity index (χ4v) is 3.47. The summed E-state index contributed by atoms with van der Waals surface area (Å²) in [6.45, 7) is 5.35. The Kier molecular flexibility index (Phi) is 6.55. The predicted molar refractivity (Wildman–Crippen MR) is 119 cm³/mol. The van der Waals surface area contributed by atoms with Crippen LogP contribution in [0.4, 0.5) is 11.4 Å². The van der Waals surface area contributed by atoms with Crippen LogP contribution in [0.5, 0.6) is 0 Å². The second-order valence-electron chi connectivity index (χ2n) is 6.59. The second kappa shape index (κ2) is 8.88. The van der Waals surface area contributed by atoms with Gasteiger partial charge in [0.2, 0.25) is 0 Å². The Morgan fingerprint density at radius 3 is 1.69 bits per heavy atom. The summed E-state index contributed by atoms with van der Waals surface area (Å²) in [5.41, 5.74) is 5.08. The van der Waals surface area contributed by atoms with E-state index in [2.05, 4.69) is 123 Å². The summed E-state index contributed by atoms with van der Waals surface area (Å²) in [6, 6.07) is 26.0. The van der Waals surface area contributed by atoms with Crippen LogP contribution in [0.2, 0.25) is 0 Å². The minimum Gasteiger partial charge on any atom is -0.337 e. The number of halogens is 2. The van der Waals surface area contributed by atoms with Crippen molar-refractivity contribution in [1.82, 2.24) is 0 Å². The average Bonchev–Trinajstić information content (AvgIpc) is 2.68. The van der Waals surface area contributed by atoms with Crippen molar-refractivity contribution < 1.29 is 0 Å². The van der Waals surface area contributed by atoms with Gasteiger partial charge >= 0.3 is 0 Å². The highest BCUT2D eigenvalue weighted by Gasteiger charge is 2.11. The minimum absolute atomic E-state index is 0.594. The Morgan fingerprint density at radius 1 is 0.731 bits per heavy atom. The van der Waals surface area contributed by atoms with E-state index < -0.39 is 0 Å². The first-order valence-corrected chi connectivity index (χ1v) is 10.5. The summed E-state index contributed by atoms with van der Waals surface area (Å²) in [5.74, 6) is 0.594. The maximum Gasteiger partial charge on any atom is 0.0481 e. The number of hydrogen-bond acceptors (Lipinski definition) is 1. The first kappa shape index (κ1) is 19.2. The van der Waals surface area contributed by atoms with Gasteiger partial charge in [-0.2, -0.15) is 0 Å². The smallest absolute Gasteiger partial charge is 0.0481 e. The Hall–Kier alpha value is -1.58. The molecule has 0 amide bonds. The van der Waals surface area contributed by atoms with Crippen molar-refractivity contribution in [3.8, 4) is 0 Å². The zero-order valence-electron chi connectivity index (χ0n) is 15.1. The SMILES string of the molecule is CCC(C)c1ccc(N(Cc2ccc(Br)cc2)c2ccc(Br)cc2)cc1. The van der Waals surface area contributed by atoms with Gasteiger partial charge in [0.1, 0.15) is 0 Å². The molecule has 0 bridgehead atoms. The molecule has 1 atom stereocenters. The molecule has 0 fully saturated rings. The highest BCUT2D eigenvalue weighted by molar-refractivity contribution is 9.10. The predicted octanol–water partition coefficient (Wildman–Crippen LogP) is 8.06. The summed E-state index contributed by atoms with van der Waals surface area (Å²) in [7, 11) is 0. The van der Waals surface area contributed by atoms with E-state index in [0.29, 0.717) is 5.92 Å². The third-order valence-electron chi connectivity index (χ3n) is 4.78. The van der Waals surface area contributed by atoms with Crippen LogP contribution in [-0.2, 0) is 6.54 Å². The first-order chi connectivity index (χ1) is 12.6. The lowest BCUT2D eigenvalue weighted by Gasteiger charge is -2.26. The van der Waals surface area contributed by atoms with Crippen LogP contribution in [0.15, 0.2) is 81.7 Å². The maximum absolute atomic E-state index is 3.54. The molecule has 0 saturated carbocycles. The molecule has 3 aromatic carbocycles. The molecule has 0 N–H and O–H groups in total. The number of anilines is 2. The molecule has 0 radical (unpaired) electrons. The van der Waals surface area contributed by atoms with Crippen LogP contribution in [0.25, 0.3) is 0 Å². The molecule has 0 saturated heterocycles. The van der Waals surface area contributed by atoms with E-state index in [9.17, 15) is 0 Å². The van der Waals surface area contributed by atoms with Gasteiger partial charge in [-0.1, -0.05) is 70.0 Å². The molecule has 0 aromatic heterocycles. The molecule has 134 valence electrons. The molecule has 0 aliphatic heterocycles. The van der Waals surface area contributed by atoms with Crippen molar-refractivity contribution in [2.24, 2.45) is 0 Å². The van der Waals surface area contributed by atoms with Crippen LogP contribution in [0, 0.1) is 0 Å². The highest BCUT2D eigenvalue weighted by Crippen LogP contribution is 2.30. The molecular formula is C23H23Br2N. The van der Waals surface area contributed by atoms with E-state index >= 15 is 0 Å². The molecule has 0 aliphatic rings. The molecular weight excluding hydrogens is 450 g/mol. The molecule has 0 aliphatic carbocycles. The maximum atomic E-state index is 3.54. The first-order valence-electron chi connectivity index (χ1n) is 8.94. The zero-order chi connectivity index (χ0) is 18.5. The fourth-order valence-electron chi connectivity index (χ4n) is 2.94. The minimum atomic E-state index is 0.594. The Balaban J connectivity index is 1.94. The van der Waals surface area contributed by atoms with Gasteiger partial charge < -0.3 is 4.90 Å². The van der Waals surface area contributed by atoms with E-state index in [4.69, 9.17) is 0 Å². The van der Waals surface area contributed by atoms with Gasteiger partial charge in [-0.25, -0.2) is 0 Å². The normalized spacial score (nSPS) is 12.0. The van der Waals surface area contributed by atoms with Gasteiger partial charge in [-0.05, 0) is 72.0 Å². The highest BCUT2D eigenvalue weighted by atomic mass is 79.9. The molecule has 1 nitrogen and oxygen atoms in total. The lowest BCUT2D eigenvalue weighted by molar-refractivity contribution is 0.733. The van der Waals surface area contributed by atoms with Crippen molar-refractivity contribution in [2.75, 3.05) is 4.90 Å². The molecule has 3 heteroatoms. The van der Waals surface area contributed by atoms with Crippen LogP contribution >= 0.6 is 31.9 Å². The largest absolute Gasteiger partial charge is 0.337 e. The number of rotatable bonds is 6. The molecule has 1 unspecified atom stereocenters. The summed E-state index contributed by atoms with van der Waals surface area (Å²) in [5, 5.41) is 0. The standard InChI is InChI=1S/C23H23Br2N/c1-3-17(2)19-6-12-22(13-7-19)26(23-14-10-21(25)11-15-23)16-18-4-8-20(24)9-5-18/h4-15,17H,3,16H2,1-2H3.